The van der Waals surface area contributed by atoms with Gasteiger partial charge in [-0.05, 0) is 41.3 Å². The van der Waals surface area contributed by atoms with Crippen molar-refractivity contribution >= 4 is 5.91 Å². The lowest BCUT2D eigenvalue weighted by Crippen LogP contribution is -2.39. The van der Waals surface area contributed by atoms with Crippen molar-refractivity contribution in [2.24, 2.45) is 0 Å². The Bertz CT molecular complexity index is 774. The maximum atomic E-state index is 12.8. The third-order valence-corrected chi connectivity index (χ3v) is 4.09. The summed E-state index contributed by atoms with van der Waals surface area (Å²) in [6.45, 7) is 2.02. The number of benzene rings is 2. The molecule has 0 bridgehead atoms. The van der Waals surface area contributed by atoms with E-state index in [2.05, 4.69) is 33.0 Å². The molecule has 0 radical (unpaired) electrons. The van der Waals surface area contributed by atoms with Crippen LogP contribution in [-0.2, 0) is 11.2 Å². The van der Waals surface area contributed by atoms with Crippen LogP contribution < -0.4 is 5.32 Å². The van der Waals surface area contributed by atoms with E-state index in [1.165, 1.54) is 16.6 Å². The van der Waals surface area contributed by atoms with Gasteiger partial charge in [-0.3, -0.25) is 4.79 Å². The lowest BCUT2D eigenvalue weighted by Gasteiger charge is -2.20. The van der Waals surface area contributed by atoms with Gasteiger partial charge in [0.1, 0.15) is 6.33 Å². The normalized spacial score (nSPS) is 13.2. The third kappa shape index (κ3) is 4.50. The number of rotatable bonds is 7. The van der Waals surface area contributed by atoms with Gasteiger partial charge in [-0.2, -0.15) is 0 Å². The Kier molecular flexibility index (Phi) is 5.51. The van der Waals surface area contributed by atoms with Crippen molar-refractivity contribution in [1.29, 1.82) is 0 Å². The first kappa shape index (κ1) is 16.8. The van der Waals surface area contributed by atoms with Gasteiger partial charge in [0, 0.05) is 6.04 Å². The van der Waals surface area contributed by atoms with Gasteiger partial charge < -0.3 is 5.32 Å². The second-order valence-electron chi connectivity index (χ2n) is 6.04. The van der Waals surface area contributed by atoms with Crippen LogP contribution >= 0.6 is 0 Å². The number of carbonyl (C=O) groups is 1. The van der Waals surface area contributed by atoms with Crippen molar-refractivity contribution in [3.63, 3.8) is 0 Å². The monoisotopic (exact) mass is 335 g/mol. The van der Waals surface area contributed by atoms with Crippen molar-refractivity contribution in [3.05, 3.63) is 78.1 Å². The van der Waals surface area contributed by atoms with E-state index in [0.717, 1.165) is 18.4 Å². The fourth-order valence-electron chi connectivity index (χ4n) is 2.77. The van der Waals surface area contributed by atoms with E-state index in [-0.39, 0.29) is 11.9 Å². The van der Waals surface area contributed by atoms with E-state index in [4.69, 9.17) is 0 Å². The summed E-state index contributed by atoms with van der Waals surface area (Å²) in [6, 6.07) is 19.3. The fraction of sp³-hybridized carbons (Fsp3) is 0.263. The molecule has 1 heterocycles. The largest absolute Gasteiger partial charge is 0.351 e. The van der Waals surface area contributed by atoms with Gasteiger partial charge in [0.05, 0.1) is 0 Å². The molecule has 0 saturated heterocycles. The first-order valence-electron chi connectivity index (χ1n) is 8.36. The van der Waals surface area contributed by atoms with E-state index in [1.54, 1.807) is 0 Å². The second-order valence-corrected chi connectivity index (χ2v) is 6.04. The number of hydrogen-bond acceptors (Lipinski definition) is 4. The van der Waals surface area contributed by atoms with Crippen molar-refractivity contribution in [1.82, 2.24) is 25.5 Å². The lowest BCUT2D eigenvalue weighted by molar-refractivity contribution is -0.124. The van der Waals surface area contributed by atoms with Crippen molar-refractivity contribution in [2.45, 2.75) is 31.8 Å². The summed E-state index contributed by atoms with van der Waals surface area (Å²) in [5.74, 6) is -0.112. The SMILES string of the molecule is C[C@@H](CCc1ccccc1)NC(=O)[C@@H](c1ccccc1)n1cnnn1. The highest BCUT2D eigenvalue weighted by atomic mass is 16.2. The molecule has 2 aromatic carbocycles. The minimum absolute atomic E-state index is 0.0513. The van der Waals surface area contributed by atoms with Crippen LogP contribution in [0.2, 0.25) is 0 Å². The van der Waals surface area contributed by atoms with E-state index >= 15 is 0 Å². The molecule has 0 fully saturated rings. The van der Waals surface area contributed by atoms with Crippen molar-refractivity contribution < 1.29 is 4.79 Å². The van der Waals surface area contributed by atoms with Gasteiger partial charge in [-0.25, -0.2) is 4.68 Å². The van der Waals surface area contributed by atoms with Crippen LogP contribution in [0.4, 0.5) is 0 Å². The zero-order valence-electron chi connectivity index (χ0n) is 14.1. The van der Waals surface area contributed by atoms with Gasteiger partial charge in [0.15, 0.2) is 6.04 Å². The molecule has 0 unspecified atom stereocenters. The summed E-state index contributed by atoms with van der Waals surface area (Å²) in [7, 11) is 0. The highest BCUT2D eigenvalue weighted by Crippen LogP contribution is 2.17. The summed E-state index contributed by atoms with van der Waals surface area (Å²) in [5, 5.41) is 14.3. The van der Waals surface area contributed by atoms with Crippen LogP contribution in [0, 0.1) is 0 Å². The van der Waals surface area contributed by atoms with Crippen LogP contribution in [-0.4, -0.2) is 32.2 Å². The molecule has 2 atom stereocenters. The maximum absolute atomic E-state index is 12.8. The Hall–Kier alpha value is -3.02. The number of aromatic nitrogens is 4. The van der Waals surface area contributed by atoms with E-state index in [1.807, 2.05) is 55.5 Å². The minimum Gasteiger partial charge on any atom is -0.351 e. The second kappa shape index (κ2) is 8.19. The van der Waals surface area contributed by atoms with E-state index in [9.17, 15) is 4.79 Å². The molecular formula is C19H21N5O. The van der Waals surface area contributed by atoms with Crippen LogP contribution in [0.3, 0.4) is 0 Å². The topological polar surface area (TPSA) is 72.7 Å². The van der Waals surface area contributed by atoms with E-state index < -0.39 is 6.04 Å². The number of amides is 1. The van der Waals surface area contributed by atoms with Crippen molar-refractivity contribution in [3.8, 4) is 0 Å². The summed E-state index contributed by atoms with van der Waals surface area (Å²) < 4.78 is 1.48. The highest BCUT2D eigenvalue weighted by Gasteiger charge is 2.24. The molecule has 3 aromatic rings. The van der Waals surface area contributed by atoms with Crippen LogP contribution in [0.15, 0.2) is 67.0 Å². The summed E-state index contributed by atoms with van der Waals surface area (Å²) >= 11 is 0. The molecule has 0 saturated carbocycles. The quantitative estimate of drug-likeness (QED) is 0.719. The summed E-state index contributed by atoms with van der Waals surface area (Å²) in [5.41, 5.74) is 2.12. The number of carbonyl (C=O) groups excluding carboxylic acids is 1. The Morgan fingerprint density at radius 3 is 2.40 bits per heavy atom. The number of hydrogen-bond donors (Lipinski definition) is 1. The molecule has 0 aliphatic heterocycles. The summed E-state index contributed by atoms with van der Waals surface area (Å²) in [6.07, 6.45) is 3.25. The predicted octanol–water partition coefficient (Wildman–Crippen LogP) is 2.40. The van der Waals surface area contributed by atoms with Crippen LogP contribution in [0.5, 0.6) is 0 Å². The molecule has 1 N–H and O–H groups in total. The molecule has 3 rings (SSSR count). The zero-order chi connectivity index (χ0) is 17.5. The van der Waals surface area contributed by atoms with Gasteiger partial charge in [-0.1, -0.05) is 60.7 Å². The Balaban J connectivity index is 1.66. The Morgan fingerprint density at radius 2 is 1.76 bits per heavy atom. The van der Waals surface area contributed by atoms with Gasteiger partial charge in [-0.15, -0.1) is 5.10 Å². The molecule has 0 aliphatic carbocycles. The average molecular weight is 335 g/mol. The molecule has 0 spiro atoms. The van der Waals surface area contributed by atoms with Gasteiger partial charge >= 0.3 is 0 Å². The van der Waals surface area contributed by atoms with Gasteiger partial charge in [0.2, 0.25) is 5.91 Å². The highest BCUT2D eigenvalue weighted by molar-refractivity contribution is 5.83. The lowest BCUT2D eigenvalue weighted by atomic mass is 10.0. The Morgan fingerprint density at radius 1 is 1.08 bits per heavy atom. The van der Waals surface area contributed by atoms with Crippen LogP contribution in [0.1, 0.15) is 30.5 Å². The maximum Gasteiger partial charge on any atom is 0.249 e. The molecule has 6 heteroatoms. The molecule has 128 valence electrons. The molecule has 25 heavy (non-hydrogen) atoms. The molecule has 6 nitrogen and oxygen atoms in total. The first-order chi connectivity index (χ1) is 12.2. The average Bonchev–Trinajstić information content (AvgIpc) is 3.16. The summed E-state index contributed by atoms with van der Waals surface area (Å²) in [4.78, 5) is 12.8. The number of aryl methyl sites for hydroxylation is 1. The fourth-order valence-corrected chi connectivity index (χ4v) is 2.77. The molecule has 0 aliphatic rings. The standard InChI is InChI=1S/C19H21N5O/c1-15(12-13-16-8-4-2-5-9-16)21-19(25)18(24-14-20-22-23-24)17-10-6-3-7-11-17/h2-11,14-15,18H,12-13H2,1H3,(H,21,25)/t15-,18+/m0/s1. The van der Waals surface area contributed by atoms with Gasteiger partial charge in [0.25, 0.3) is 0 Å². The molecule has 1 aromatic heterocycles. The number of tetrazole rings is 1. The first-order valence-corrected chi connectivity index (χ1v) is 8.36. The van der Waals surface area contributed by atoms with Crippen LogP contribution in [0.25, 0.3) is 0 Å². The smallest absolute Gasteiger partial charge is 0.249 e. The van der Waals surface area contributed by atoms with E-state index in [0.29, 0.717) is 0 Å². The number of nitrogens with one attached hydrogen (secondary N) is 1. The predicted molar refractivity (Wildman–Crippen MR) is 94.8 cm³/mol. The molecule has 1 amide bonds. The third-order valence-electron chi connectivity index (χ3n) is 4.09. The molecular weight excluding hydrogens is 314 g/mol. The zero-order valence-corrected chi connectivity index (χ0v) is 14.1. The number of nitrogens with zero attached hydrogens (tertiary/aromatic N) is 4. The Labute approximate surface area is 146 Å². The minimum atomic E-state index is -0.574. The van der Waals surface area contributed by atoms with Crippen molar-refractivity contribution in [2.75, 3.05) is 0 Å².